The van der Waals surface area contributed by atoms with Gasteiger partial charge in [0.2, 0.25) is 0 Å². The molecule has 2 atom stereocenters. The molecule has 1 aromatic carbocycles. The number of benzene rings is 1. The fraction of sp³-hybridized carbons (Fsp3) is 0.308. The fourth-order valence-corrected chi connectivity index (χ4v) is 2.57. The molecule has 3 rings (SSSR count). The molecule has 0 spiro atoms. The van der Waals surface area contributed by atoms with Crippen LogP contribution in [-0.4, -0.2) is 0 Å². The van der Waals surface area contributed by atoms with E-state index in [2.05, 4.69) is 42.8 Å². The number of allylic oxidation sites excluding steroid dienone is 2. The van der Waals surface area contributed by atoms with Gasteiger partial charge in [-0.25, -0.2) is 0 Å². The van der Waals surface area contributed by atoms with Crippen LogP contribution in [-0.2, 0) is 21.7 Å². The van der Waals surface area contributed by atoms with Crippen LogP contribution in [0, 0.1) is 12.3 Å². The zero-order valence-corrected chi connectivity index (χ0v) is 13.1. The van der Waals surface area contributed by atoms with E-state index in [4.69, 9.17) is 0 Å². The third-order valence-electron chi connectivity index (χ3n) is 3.22. The van der Waals surface area contributed by atoms with Crippen LogP contribution in [0.2, 0.25) is 0 Å². The first-order chi connectivity index (χ1) is 6.45. The molecule has 1 aromatic rings. The summed E-state index contributed by atoms with van der Waals surface area (Å²) in [5, 5.41) is 0. The molecule has 2 unspecified atom stereocenters. The van der Waals surface area contributed by atoms with Crippen molar-refractivity contribution in [2.75, 3.05) is 0 Å². The number of fused-ring (bicyclic) bond motifs is 3. The summed E-state index contributed by atoms with van der Waals surface area (Å²) in [4.78, 5) is 0. The van der Waals surface area contributed by atoms with E-state index in [-0.39, 0.29) is 58.9 Å². The summed E-state index contributed by atoms with van der Waals surface area (Å²) in [6.07, 6.45) is 9.75. The van der Waals surface area contributed by atoms with E-state index in [0.717, 1.165) is 5.92 Å². The molecule has 0 saturated heterocycles. The minimum atomic E-state index is 0. The Labute approximate surface area is 137 Å². The molecule has 0 heterocycles. The van der Waals surface area contributed by atoms with Gasteiger partial charge < -0.3 is 37.2 Å². The molecule has 0 aliphatic heterocycles. The van der Waals surface area contributed by atoms with Crippen LogP contribution >= 0.6 is 0 Å². The van der Waals surface area contributed by atoms with Gasteiger partial charge in [-0.2, -0.15) is 18.1 Å². The normalized spacial score (nSPS) is 22.4. The van der Waals surface area contributed by atoms with Crippen molar-refractivity contribution in [3.05, 3.63) is 54.0 Å². The summed E-state index contributed by atoms with van der Waals surface area (Å²) in [7, 11) is 0. The average molecular weight is 323 g/mol. The molecule has 0 saturated carbocycles. The molecule has 0 N–H and O–H groups in total. The molecule has 2 aliphatic carbocycles. The topological polar surface area (TPSA) is 0 Å². The van der Waals surface area contributed by atoms with E-state index in [1.165, 1.54) is 24.0 Å². The minimum absolute atomic E-state index is 0. The van der Waals surface area contributed by atoms with Crippen LogP contribution in [0.4, 0.5) is 0 Å². The first-order valence-corrected chi connectivity index (χ1v) is 5.05. The fourth-order valence-electron chi connectivity index (χ4n) is 2.57. The molecule has 0 fully saturated rings. The molecule has 0 nitrogen and oxygen atoms in total. The van der Waals surface area contributed by atoms with Gasteiger partial charge in [-0.1, -0.05) is 30.6 Å². The summed E-state index contributed by atoms with van der Waals surface area (Å²) in [5.74, 6) is 1.47. The molecule has 0 aromatic heterocycles. The van der Waals surface area contributed by atoms with E-state index in [1.807, 2.05) is 0 Å². The molecule has 2 aliphatic rings. The zero-order valence-electron chi connectivity index (χ0n) is 9.24. The minimum Gasteiger partial charge on any atom is -1.00 e. The molecule has 17 heavy (non-hydrogen) atoms. The number of hydrogen-bond acceptors (Lipinski definition) is 0. The average Bonchev–Trinajstić information content (AvgIpc) is 2.56. The Morgan fingerprint density at radius 1 is 1.06 bits per heavy atom. The van der Waals surface area contributed by atoms with Gasteiger partial charge in [0.25, 0.3) is 0 Å². The maximum atomic E-state index is 2.45. The smallest absolute Gasteiger partial charge is 1.00 e. The van der Waals surface area contributed by atoms with Gasteiger partial charge in [0.15, 0.2) is 0 Å². The Morgan fingerprint density at radius 3 is 2.53 bits per heavy atom. The first-order valence-electron chi connectivity index (χ1n) is 5.05. The molecule has 0 amide bonds. The Bertz CT molecular complexity index is 365. The Kier molecular flexibility index (Phi) is 9.88. The summed E-state index contributed by atoms with van der Waals surface area (Å²) < 4.78 is 0. The predicted octanol–water partition coefficient (Wildman–Crippen LogP) is -5.69. The van der Waals surface area contributed by atoms with Crippen molar-refractivity contribution in [1.29, 1.82) is 0 Å². The monoisotopic (exact) mass is 322 g/mol. The zero-order chi connectivity index (χ0) is 8.67. The predicted molar refractivity (Wildman–Crippen MR) is 54.4 cm³/mol. The van der Waals surface area contributed by atoms with Crippen LogP contribution in [0.15, 0.2) is 36.4 Å². The van der Waals surface area contributed by atoms with Gasteiger partial charge in [0, 0.05) is 0 Å². The van der Waals surface area contributed by atoms with Gasteiger partial charge >= 0.3 is 21.7 Å². The van der Waals surface area contributed by atoms with Gasteiger partial charge in [0.1, 0.15) is 0 Å². The van der Waals surface area contributed by atoms with E-state index in [0.29, 0.717) is 5.92 Å². The van der Waals surface area contributed by atoms with Crippen molar-refractivity contribution >= 4 is 0 Å². The van der Waals surface area contributed by atoms with Gasteiger partial charge in [-0.3, -0.25) is 0 Å². The van der Waals surface area contributed by atoms with E-state index >= 15 is 0 Å². The standard InChI is InChI=1S/C13H13.3ClH.Ti/c1-3-7-12-10(5-1)9-11-6-2-4-8-13(11)12;;;;/h1,3-5,7-9,11,13H,2,6H2;3*1H;/q-1;;;;+4/p-3. The maximum Gasteiger partial charge on any atom is 4.00 e. The second kappa shape index (κ2) is 8.50. The van der Waals surface area contributed by atoms with E-state index in [9.17, 15) is 0 Å². The third-order valence-corrected chi connectivity index (χ3v) is 3.22. The van der Waals surface area contributed by atoms with Crippen molar-refractivity contribution < 1.29 is 58.9 Å². The SMILES string of the molecule is C1=CC2c3ccccc3[CH-]C2CC1.[Cl-].[Cl-].[Cl-].[Ti+4]. The molecule has 90 valence electrons. The number of rotatable bonds is 0. The number of hydrogen-bond donors (Lipinski definition) is 0. The van der Waals surface area contributed by atoms with Crippen molar-refractivity contribution in [2.45, 2.75) is 18.8 Å². The second-order valence-electron chi connectivity index (χ2n) is 3.99. The first kappa shape index (κ1) is 19.7. The van der Waals surface area contributed by atoms with Crippen LogP contribution in [0.3, 0.4) is 0 Å². The Morgan fingerprint density at radius 2 is 1.76 bits per heavy atom. The van der Waals surface area contributed by atoms with Crippen molar-refractivity contribution in [3.63, 3.8) is 0 Å². The Hall–Kier alpha value is 0.414. The van der Waals surface area contributed by atoms with Crippen molar-refractivity contribution in [3.8, 4) is 0 Å². The quantitative estimate of drug-likeness (QED) is 0.254. The second-order valence-corrected chi connectivity index (χ2v) is 3.99. The summed E-state index contributed by atoms with van der Waals surface area (Å²) in [6, 6.07) is 8.79. The largest absolute Gasteiger partial charge is 4.00 e. The third kappa shape index (κ3) is 3.69. The van der Waals surface area contributed by atoms with Crippen molar-refractivity contribution in [1.82, 2.24) is 0 Å². The van der Waals surface area contributed by atoms with Crippen LogP contribution in [0.25, 0.3) is 0 Å². The van der Waals surface area contributed by atoms with Crippen molar-refractivity contribution in [2.24, 2.45) is 5.92 Å². The van der Waals surface area contributed by atoms with E-state index < -0.39 is 0 Å². The maximum absolute atomic E-state index is 2.45. The molecule has 0 bridgehead atoms. The molecular weight excluding hydrogens is 310 g/mol. The van der Waals surface area contributed by atoms with Crippen LogP contribution in [0.1, 0.15) is 29.9 Å². The summed E-state index contributed by atoms with van der Waals surface area (Å²) in [5.41, 5.74) is 2.99. The van der Waals surface area contributed by atoms with E-state index in [1.54, 1.807) is 0 Å². The van der Waals surface area contributed by atoms with Gasteiger partial charge in [-0.05, 0) is 12.3 Å². The van der Waals surface area contributed by atoms with Crippen LogP contribution < -0.4 is 37.2 Å². The summed E-state index contributed by atoms with van der Waals surface area (Å²) in [6.45, 7) is 0. The molecular formula is C13H13Cl3Ti. The van der Waals surface area contributed by atoms with Gasteiger partial charge in [-0.15, -0.1) is 17.7 Å². The Balaban J connectivity index is 0. The van der Waals surface area contributed by atoms with Gasteiger partial charge in [0.05, 0.1) is 0 Å². The summed E-state index contributed by atoms with van der Waals surface area (Å²) >= 11 is 0. The van der Waals surface area contributed by atoms with Crippen LogP contribution in [0.5, 0.6) is 0 Å². The molecule has 0 radical (unpaired) electrons. The number of halogens is 3. The molecule has 4 heteroatoms.